The molecule has 0 aliphatic heterocycles. The van der Waals surface area contributed by atoms with E-state index in [0.29, 0.717) is 0 Å². The Labute approximate surface area is 332 Å². The molecule has 0 saturated heterocycles. The summed E-state index contributed by atoms with van der Waals surface area (Å²) in [6, 6.07) is 63.4. The number of benzene rings is 9. The third-order valence-corrected chi connectivity index (χ3v) is 13.5. The summed E-state index contributed by atoms with van der Waals surface area (Å²) in [7, 11) is 0. The maximum absolute atomic E-state index is 6.74. The largest absolute Gasteiger partial charge is 0.455 e. The monoisotopic (exact) mass is 728 g/mol. The normalized spacial score (nSPS) is 14.6. The van der Waals surface area contributed by atoms with Crippen LogP contribution in [0.2, 0.25) is 0 Å². The molecule has 0 fully saturated rings. The van der Waals surface area contributed by atoms with E-state index >= 15 is 0 Å². The number of furan rings is 1. The fraction of sp³-hybridized carbons (Fsp3) is 0.107. The van der Waals surface area contributed by atoms with Crippen molar-refractivity contribution in [3.05, 3.63) is 192 Å². The minimum atomic E-state index is -0.107. The molecule has 0 spiro atoms. The Bertz CT molecular complexity index is 3350. The summed E-state index contributed by atoms with van der Waals surface area (Å²) in [4.78, 5) is 0. The zero-order valence-corrected chi connectivity index (χ0v) is 32.6. The molecule has 0 unspecified atom stereocenters. The average molecular weight is 729 g/mol. The Balaban J connectivity index is 1.16. The summed E-state index contributed by atoms with van der Waals surface area (Å²) in [5.41, 5.74) is 19.9. The van der Waals surface area contributed by atoms with Crippen molar-refractivity contribution in [2.75, 3.05) is 0 Å². The van der Waals surface area contributed by atoms with Gasteiger partial charge in [0.1, 0.15) is 11.2 Å². The molecule has 0 bridgehead atoms. The zero-order valence-electron chi connectivity index (χ0n) is 32.6. The highest BCUT2D eigenvalue weighted by Crippen LogP contribution is 2.53. The number of rotatable bonds is 3. The molecule has 2 aliphatic rings. The molecule has 57 heavy (non-hydrogen) atoms. The van der Waals surface area contributed by atoms with Crippen molar-refractivity contribution < 1.29 is 4.42 Å². The average Bonchev–Trinajstić information content (AvgIpc) is 3.82. The number of fused-ring (bicyclic) bond motifs is 11. The van der Waals surface area contributed by atoms with Gasteiger partial charge in [-0.25, -0.2) is 0 Å². The van der Waals surface area contributed by atoms with E-state index in [2.05, 4.69) is 198 Å². The van der Waals surface area contributed by atoms with Gasteiger partial charge in [0.05, 0.1) is 0 Å². The van der Waals surface area contributed by atoms with E-state index in [1.165, 1.54) is 93.9 Å². The van der Waals surface area contributed by atoms with Crippen LogP contribution in [0.25, 0.3) is 99.1 Å². The molecule has 1 aromatic heterocycles. The first-order chi connectivity index (χ1) is 27.8. The summed E-state index contributed by atoms with van der Waals surface area (Å²) in [5.74, 6) is 0. The molecule has 1 nitrogen and oxygen atoms in total. The molecule has 0 saturated carbocycles. The van der Waals surface area contributed by atoms with Crippen LogP contribution in [-0.4, -0.2) is 0 Å². The van der Waals surface area contributed by atoms with Gasteiger partial charge in [-0.2, -0.15) is 0 Å². The summed E-state index contributed by atoms with van der Waals surface area (Å²) >= 11 is 0. The van der Waals surface area contributed by atoms with Crippen LogP contribution in [0.4, 0.5) is 0 Å². The van der Waals surface area contributed by atoms with Crippen molar-refractivity contribution in [1.82, 2.24) is 0 Å². The summed E-state index contributed by atoms with van der Waals surface area (Å²) < 4.78 is 6.74. The molecular weight excluding hydrogens is 689 g/mol. The molecule has 0 atom stereocenters. The Morgan fingerprint density at radius 3 is 1.49 bits per heavy atom. The Morgan fingerprint density at radius 2 is 0.789 bits per heavy atom. The van der Waals surface area contributed by atoms with E-state index in [1.807, 2.05) is 0 Å². The van der Waals surface area contributed by atoms with Gasteiger partial charge in [-0.1, -0.05) is 173 Å². The third kappa shape index (κ3) is 4.40. The Kier molecular flexibility index (Phi) is 6.53. The second kappa shape index (κ2) is 11.4. The highest BCUT2D eigenvalue weighted by molar-refractivity contribution is 6.24. The van der Waals surface area contributed by atoms with Crippen LogP contribution in [0.3, 0.4) is 0 Å². The fourth-order valence-electron chi connectivity index (χ4n) is 10.6. The van der Waals surface area contributed by atoms with Gasteiger partial charge in [-0.15, -0.1) is 0 Å². The molecule has 270 valence electrons. The van der Waals surface area contributed by atoms with E-state index in [9.17, 15) is 0 Å². The molecule has 9 aromatic carbocycles. The summed E-state index contributed by atoms with van der Waals surface area (Å²) in [6.45, 7) is 9.48. The van der Waals surface area contributed by atoms with Gasteiger partial charge in [0, 0.05) is 32.7 Å². The Hall–Kier alpha value is -6.70. The molecule has 10 aromatic rings. The van der Waals surface area contributed by atoms with E-state index in [0.717, 1.165) is 27.5 Å². The van der Waals surface area contributed by atoms with E-state index in [-0.39, 0.29) is 10.8 Å². The standard InChI is InChI=1S/C56H40O/c1-55(2)47-21-10-7-14-36(47)38-27-24-34(31-49(38)55)33-25-29-43-46(30-33)52(35-26-28-39-37-15-8-11-22-48(37)56(3,4)50(39)32-35)41-17-5-6-18-42(41)53(43)45-20-13-19-44-40-16-9-12-23-51(40)57-54(44)45/h5-32H,1-4H3. The lowest BCUT2D eigenvalue weighted by molar-refractivity contribution is 0.660. The van der Waals surface area contributed by atoms with Crippen molar-refractivity contribution >= 4 is 43.5 Å². The minimum absolute atomic E-state index is 0.0760. The molecule has 12 rings (SSSR count). The third-order valence-electron chi connectivity index (χ3n) is 13.5. The lowest BCUT2D eigenvalue weighted by atomic mass is 9.80. The Morgan fingerprint density at radius 1 is 0.316 bits per heavy atom. The quantitative estimate of drug-likeness (QED) is 0.165. The predicted octanol–water partition coefficient (Wildman–Crippen LogP) is 15.5. The van der Waals surface area contributed by atoms with Gasteiger partial charge in [0.25, 0.3) is 0 Å². The molecule has 0 amide bonds. The van der Waals surface area contributed by atoms with Gasteiger partial charge >= 0.3 is 0 Å². The molecule has 0 N–H and O–H groups in total. The van der Waals surface area contributed by atoms with Gasteiger partial charge in [-0.3, -0.25) is 0 Å². The van der Waals surface area contributed by atoms with Crippen LogP contribution in [0.15, 0.2) is 174 Å². The first-order valence-electron chi connectivity index (χ1n) is 20.2. The maximum atomic E-state index is 6.74. The van der Waals surface area contributed by atoms with Crippen LogP contribution in [0.5, 0.6) is 0 Å². The topological polar surface area (TPSA) is 13.1 Å². The lowest BCUT2D eigenvalue weighted by Gasteiger charge is -2.23. The van der Waals surface area contributed by atoms with Crippen molar-refractivity contribution in [3.63, 3.8) is 0 Å². The second-order valence-electron chi connectivity index (χ2n) is 17.2. The molecular formula is C56H40O. The van der Waals surface area contributed by atoms with Crippen LogP contribution in [0.1, 0.15) is 49.9 Å². The van der Waals surface area contributed by atoms with Crippen molar-refractivity contribution in [2.45, 2.75) is 38.5 Å². The number of hydrogen-bond donors (Lipinski definition) is 0. The van der Waals surface area contributed by atoms with Crippen LogP contribution in [0, 0.1) is 0 Å². The fourth-order valence-corrected chi connectivity index (χ4v) is 10.6. The minimum Gasteiger partial charge on any atom is -0.455 e. The van der Waals surface area contributed by atoms with Gasteiger partial charge in [-0.05, 0) is 113 Å². The van der Waals surface area contributed by atoms with E-state index < -0.39 is 0 Å². The SMILES string of the molecule is CC1(C)c2ccccc2-c2ccc(-c3ccc4c(-c5cccc6c5oc5ccccc56)c5ccccc5c(-c5ccc6c(c5)C(C)(C)c5ccccc5-6)c4c3)cc21. The molecule has 2 aliphatic carbocycles. The summed E-state index contributed by atoms with van der Waals surface area (Å²) in [6.07, 6.45) is 0. The first kappa shape index (κ1) is 32.5. The van der Waals surface area contributed by atoms with Gasteiger partial charge < -0.3 is 4.42 Å². The molecule has 1 heterocycles. The predicted molar refractivity (Wildman–Crippen MR) is 240 cm³/mol. The highest BCUT2D eigenvalue weighted by atomic mass is 16.3. The first-order valence-corrected chi connectivity index (χ1v) is 20.2. The smallest absolute Gasteiger partial charge is 0.143 e. The number of para-hydroxylation sites is 2. The molecule has 0 radical (unpaired) electrons. The van der Waals surface area contributed by atoms with E-state index in [1.54, 1.807) is 0 Å². The van der Waals surface area contributed by atoms with Gasteiger partial charge in [0.2, 0.25) is 0 Å². The van der Waals surface area contributed by atoms with E-state index in [4.69, 9.17) is 4.42 Å². The zero-order chi connectivity index (χ0) is 38.2. The molecule has 1 heteroatoms. The lowest BCUT2D eigenvalue weighted by Crippen LogP contribution is -2.14. The van der Waals surface area contributed by atoms with Crippen molar-refractivity contribution in [1.29, 1.82) is 0 Å². The van der Waals surface area contributed by atoms with Crippen LogP contribution >= 0.6 is 0 Å². The maximum Gasteiger partial charge on any atom is 0.143 e. The number of hydrogen-bond acceptors (Lipinski definition) is 1. The van der Waals surface area contributed by atoms with Gasteiger partial charge in [0.15, 0.2) is 0 Å². The van der Waals surface area contributed by atoms with Crippen LogP contribution < -0.4 is 0 Å². The highest BCUT2D eigenvalue weighted by Gasteiger charge is 2.37. The van der Waals surface area contributed by atoms with Crippen LogP contribution in [-0.2, 0) is 10.8 Å². The second-order valence-corrected chi connectivity index (χ2v) is 17.2. The van der Waals surface area contributed by atoms with Crippen molar-refractivity contribution in [2.24, 2.45) is 0 Å². The summed E-state index contributed by atoms with van der Waals surface area (Å²) in [5, 5.41) is 7.21. The van der Waals surface area contributed by atoms with Crippen molar-refractivity contribution in [3.8, 4) is 55.6 Å².